The van der Waals surface area contributed by atoms with Crippen molar-refractivity contribution in [2.24, 2.45) is 5.41 Å². The lowest BCUT2D eigenvalue weighted by Crippen LogP contribution is -2.45. The highest BCUT2D eigenvalue weighted by Gasteiger charge is 2.52. The summed E-state index contributed by atoms with van der Waals surface area (Å²) in [4.78, 5) is 26.3. The van der Waals surface area contributed by atoms with E-state index >= 15 is 0 Å². The van der Waals surface area contributed by atoms with E-state index in [1.165, 1.54) is 0 Å². The first kappa shape index (κ1) is 16.7. The summed E-state index contributed by atoms with van der Waals surface area (Å²) in [5.41, 5.74) is 2.37. The van der Waals surface area contributed by atoms with Gasteiger partial charge in [0.25, 0.3) is 5.91 Å². The van der Waals surface area contributed by atoms with Crippen LogP contribution < -0.4 is 10.2 Å². The molecule has 7 nitrogen and oxygen atoms in total. The lowest BCUT2D eigenvalue weighted by atomic mass is 10.0. The van der Waals surface area contributed by atoms with Gasteiger partial charge in [-0.05, 0) is 31.9 Å². The molecule has 1 aromatic carbocycles. The zero-order valence-electron chi connectivity index (χ0n) is 13.9. The lowest BCUT2D eigenvalue weighted by molar-refractivity contribution is -0.142. The van der Waals surface area contributed by atoms with E-state index in [-0.39, 0.29) is 17.4 Å². The topological polar surface area (TPSA) is 88.1 Å². The van der Waals surface area contributed by atoms with Gasteiger partial charge in [0.15, 0.2) is 0 Å². The molecule has 1 aromatic rings. The van der Waals surface area contributed by atoms with Crippen LogP contribution in [0, 0.1) is 5.41 Å². The Hall–Kier alpha value is -2.12. The van der Waals surface area contributed by atoms with Crippen molar-refractivity contribution in [1.82, 2.24) is 10.4 Å². The van der Waals surface area contributed by atoms with Crippen molar-refractivity contribution in [3.63, 3.8) is 0 Å². The minimum atomic E-state index is -0.594. The number of fused-ring (bicyclic) bond motifs is 1. The number of carbonyl (C=O) groups excluding carboxylic acids is 2. The zero-order chi connectivity index (χ0) is 17.3. The molecule has 2 amide bonds. The zero-order valence-corrected chi connectivity index (χ0v) is 13.9. The van der Waals surface area contributed by atoms with Crippen molar-refractivity contribution in [3.8, 4) is 5.75 Å². The maximum atomic E-state index is 13.0. The Bertz CT molecular complexity index is 656. The molecule has 0 aromatic heterocycles. The molecule has 0 spiro atoms. The van der Waals surface area contributed by atoms with Gasteiger partial charge in [-0.15, -0.1) is 0 Å². The van der Waals surface area contributed by atoms with E-state index in [1.54, 1.807) is 30.8 Å². The third-order valence-corrected chi connectivity index (χ3v) is 4.77. The Morgan fingerprint density at radius 1 is 1.46 bits per heavy atom. The number of hydrogen-bond donors (Lipinski definition) is 2. The second-order valence-corrected chi connectivity index (χ2v) is 6.57. The largest absolute Gasteiger partial charge is 0.491 e. The number of hydroxylamine groups is 1. The van der Waals surface area contributed by atoms with Crippen molar-refractivity contribution in [1.29, 1.82) is 0 Å². The molecule has 1 saturated carbocycles. The first-order valence-electron chi connectivity index (χ1n) is 8.01. The summed E-state index contributed by atoms with van der Waals surface area (Å²) < 4.78 is 11.0. The van der Waals surface area contributed by atoms with E-state index < -0.39 is 5.91 Å². The van der Waals surface area contributed by atoms with E-state index in [0.29, 0.717) is 31.1 Å². The van der Waals surface area contributed by atoms with Crippen LogP contribution in [0.5, 0.6) is 5.75 Å². The summed E-state index contributed by atoms with van der Waals surface area (Å²) in [6, 6.07) is 4.88. The smallest absolute Gasteiger partial charge is 0.274 e. The molecule has 7 heteroatoms. The molecule has 1 atom stereocenters. The molecule has 1 fully saturated rings. The third kappa shape index (κ3) is 2.97. The predicted octanol–water partition coefficient (Wildman–Crippen LogP) is 1.34. The molecule has 0 bridgehead atoms. The average Bonchev–Trinajstić information content (AvgIpc) is 3.39. The number of methoxy groups -OCH3 is 1. The monoisotopic (exact) mass is 334 g/mol. The number of benzene rings is 1. The van der Waals surface area contributed by atoms with Gasteiger partial charge in [0.2, 0.25) is 5.91 Å². The van der Waals surface area contributed by atoms with Crippen LogP contribution in [0.15, 0.2) is 18.2 Å². The summed E-state index contributed by atoms with van der Waals surface area (Å²) in [6.07, 6.45) is 1.71. The Kier molecular flexibility index (Phi) is 4.47. The lowest BCUT2D eigenvalue weighted by Gasteiger charge is -2.30. The molecule has 0 unspecified atom stereocenters. The van der Waals surface area contributed by atoms with Crippen LogP contribution in [0.25, 0.3) is 0 Å². The molecule has 130 valence electrons. The first-order valence-corrected chi connectivity index (χ1v) is 8.01. The van der Waals surface area contributed by atoms with Gasteiger partial charge in [0.1, 0.15) is 12.4 Å². The van der Waals surface area contributed by atoms with E-state index in [0.717, 1.165) is 18.4 Å². The number of hydrogen-bond acceptors (Lipinski definition) is 5. The van der Waals surface area contributed by atoms with Crippen LogP contribution in [0.1, 0.15) is 35.7 Å². The summed E-state index contributed by atoms with van der Waals surface area (Å²) in [7, 11) is 1.62. The third-order valence-electron chi connectivity index (χ3n) is 4.77. The van der Waals surface area contributed by atoms with Crippen LogP contribution in [-0.2, 0) is 16.1 Å². The summed E-state index contributed by atoms with van der Waals surface area (Å²) in [5.74, 6) is 0.0731. The van der Waals surface area contributed by atoms with Gasteiger partial charge in [0.05, 0.1) is 18.1 Å². The summed E-state index contributed by atoms with van der Waals surface area (Å²) in [5, 5.41) is 8.75. The van der Waals surface area contributed by atoms with Gasteiger partial charge in [-0.25, -0.2) is 5.48 Å². The van der Waals surface area contributed by atoms with E-state index in [2.05, 4.69) is 0 Å². The van der Waals surface area contributed by atoms with E-state index in [4.69, 9.17) is 14.7 Å². The van der Waals surface area contributed by atoms with Crippen molar-refractivity contribution >= 4 is 11.8 Å². The van der Waals surface area contributed by atoms with Crippen molar-refractivity contribution in [2.45, 2.75) is 32.4 Å². The highest BCUT2D eigenvalue weighted by atomic mass is 16.5. The van der Waals surface area contributed by atoms with E-state index in [9.17, 15) is 9.59 Å². The SMILES string of the molecule is COCC1(C(=O)N2Cc3ccc(C(=O)NO)cc3OC[C@@H]2C)CC1. The number of nitrogens with zero attached hydrogens (tertiary/aromatic N) is 1. The molecule has 0 radical (unpaired) electrons. The maximum absolute atomic E-state index is 13.0. The molecule has 2 N–H and O–H groups in total. The van der Waals surface area contributed by atoms with Crippen LogP contribution in [0.2, 0.25) is 0 Å². The fourth-order valence-electron chi connectivity index (χ4n) is 3.09. The highest BCUT2D eigenvalue weighted by molar-refractivity contribution is 5.94. The number of rotatable bonds is 4. The maximum Gasteiger partial charge on any atom is 0.274 e. The van der Waals surface area contributed by atoms with Gasteiger partial charge in [0, 0.05) is 24.8 Å². The Morgan fingerprint density at radius 3 is 2.83 bits per heavy atom. The summed E-state index contributed by atoms with van der Waals surface area (Å²) in [6.45, 7) is 3.18. The molecule has 3 rings (SSSR count). The van der Waals surface area contributed by atoms with E-state index in [1.807, 2.05) is 11.8 Å². The van der Waals surface area contributed by atoms with Gasteiger partial charge in [-0.3, -0.25) is 14.8 Å². The second kappa shape index (κ2) is 6.41. The number of nitrogens with one attached hydrogen (secondary N) is 1. The van der Waals surface area contributed by atoms with Gasteiger partial charge in [-0.1, -0.05) is 6.07 Å². The molecule has 0 saturated heterocycles. The molecule has 1 aliphatic heterocycles. The number of ether oxygens (including phenoxy) is 2. The minimum absolute atomic E-state index is 0.0747. The number of amides is 2. The Balaban J connectivity index is 1.84. The predicted molar refractivity (Wildman–Crippen MR) is 84.7 cm³/mol. The standard InChI is InChI=1S/C17H22N2O5/c1-11-9-24-14-7-12(15(20)18-22)3-4-13(14)8-19(11)16(21)17(5-6-17)10-23-2/h3-4,7,11,22H,5-6,8-10H2,1-2H3,(H,18,20)/t11-/m0/s1. The quantitative estimate of drug-likeness (QED) is 0.641. The normalized spacial score (nSPS) is 21.3. The minimum Gasteiger partial charge on any atom is -0.491 e. The molecule has 1 aliphatic carbocycles. The van der Waals surface area contributed by atoms with Gasteiger partial charge < -0.3 is 14.4 Å². The Morgan fingerprint density at radius 2 is 2.21 bits per heavy atom. The van der Waals surface area contributed by atoms with Crippen LogP contribution in [-0.4, -0.2) is 48.3 Å². The van der Waals surface area contributed by atoms with Crippen molar-refractivity contribution in [3.05, 3.63) is 29.3 Å². The second-order valence-electron chi connectivity index (χ2n) is 6.57. The van der Waals surface area contributed by atoms with Crippen molar-refractivity contribution in [2.75, 3.05) is 20.3 Å². The number of carbonyl (C=O) groups is 2. The van der Waals surface area contributed by atoms with Crippen molar-refractivity contribution < 1.29 is 24.3 Å². The van der Waals surface area contributed by atoms with Gasteiger partial charge in [-0.2, -0.15) is 0 Å². The molecule has 24 heavy (non-hydrogen) atoms. The molecular weight excluding hydrogens is 312 g/mol. The highest BCUT2D eigenvalue weighted by Crippen LogP contribution is 2.48. The molecular formula is C17H22N2O5. The van der Waals surface area contributed by atoms with Crippen LogP contribution >= 0.6 is 0 Å². The Labute approximate surface area is 140 Å². The molecule has 2 aliphatic rings. The first-order chi connectivity index (χ1) is 11.5. The van der Waals surface area contributed by atoms with Crippen LogP contribution in [0.3, 0.4) is 0 Å². The fourth-order valence-corrected chi connectivity index (χ4v) is 3.09. The average molecular weight is 334 g/mol. The van der Waals surface area contributed by atoms with Crippen LogP contribution in [0.4, 0.5) is 0 Å². The summed E-state index contributed by atoms with van der Waals surface area (Å²) >= 11 is 0. The van der Waals surface area contributed by atoms with Gasteiger partial charge >= 0.3 is 0 Å². The fraction of sp³-hybridized carbons (Fsp3) is 0.529. The molecule has 1 heterocycles.